The van der Waals surface area contributed by atoms with E-state index in [1.54, 1.807) is 55.6 Å². The van der Waals surface area contributed by atoms with E-state index in [1.807, 2.05) is 32.8 Å². The molecule has 0 amide bonds. The minimum Gasteiger partial charge on any atom is -0.459 e. The lowest BCUT2D eigenvalue weighted by molar-refractivity contribution is -0.317. The highest BCUT2D eigenvalue weighted by Crippen LogP contribution is 2.41. The molecule has 0 radical (unpaired) electrons. The molecule has 3 heterocycles. The van der Waals surface area contributed by atoms with Gasteiger partial charge in [0.1, 0.15) is 23.9 Å². The van der Waals surface area contributed by atoms with E-state index in [-0.39, 0.29) is 44.8 Å². The van der Waals surface area contributed by atoms with Crippen LogP contribution in [0.2, 0.25) is 0 Å². The van der Waals surface area contributed by atoms with Crippen LogP contribution in [0.1, 0.15) is 94.9 Å². The van der Waals surface area contributed by atoms with Crippen LogP contribution >= 0.6 is 0 Å². The number of likely N-dealkylation sites (N-methyl/N-ethyl adjacent to an activating group) is 1. The SMILES string of the molecule is CC[C@@H]1OC(=O)[C@H](C)[C@H](O[C@@H]2C[C@](C)(OC)[C@H](O)[C@H](C)O2)[C@H](C)[C@H](O[C@@H]2O[C@H](C)C[C@H](N(C)C)[C@@H]2O)[C@](C)(O)C[C@H](C)/C(=N\OCOCCOC)[C@H](C)[C@@H](O)[C@]1(C)O. The zero-order chi connectivity index (χ0) is 43.9. The first kappa shape index (κ1) is 50.8. The highest BCUT2D eigenvalue weighted by atomic mass is 16.7. The van der Waals surface area contributed by atoms with E-state index in [0.29, 0.717) is 18.7 Å². The normalized spacial score (nSPS) is 45.8. The number of oxime groups is 1. The summed E-state index contributed by atoms with van der Waals surface area (Å²) >= 11 is 0. The maximum atomic E-state index is 14.3. The second kappa shape index (κ2) is 21.5. The van der Waals surface area contributed by atoms with Crippen molar-refractivity contribution in [1.29, 1.82) is 0 Å². The van der Waals surface area contributed by atoms with Crippen molar-refractivity contribution in [3.05, 3.63) is 0 Å². The molecule has 0 saturated carbocycles. The second-order valence-corrected chi connectivity index (χ2v) is 17.7. The van der Waals surface area contributed by atoms with Gasteiger partial charge >= 0.3 is 5.97 Å². The van der Waals surface area contributed by atoms with E-state index in [1.165, 1.54) is 14.0 Å². The Balaban J connectivity index is 2.22. The van der Waals surface area contributed by atoms with Gasteiger partial charge < -0.3 is 73.2 Å². The molecular weight excluding hydrogens is 760 g/mol. The van der Waals surface area contributed by atoms with Gasteiger partial charge in [-0.1, -0.05) is 32.9 Å². The van der Waals surface area contributed by atoms with Gasteiger partial charge in [-0.3, -0.25) is 4.79 Å². The summed E-state index contributed by atoms with van der Waals surface area (Å²) in [6.45, 7) is 17.3. The number of aliphatic hydroxyl groups is 5. The summed E-state index contributed by atoms with van der Waals surface area (Å²) in [7, 11) is 6.76. The topological polar surface area (TPSA) is 217 Å². The molecule has 0 spiro atoms. The smallest absolute Gasteiger partial charge is 0.311 e. The minimum atomic E-state index is -1.97. The standard InChI is InChI=1S/C41H76N2O15/c1-15-29-41(10,49)34(45)24(4)31(42-53-21-52-17-16-50-13)22(2)19-39(8,48)36(58-38-32(44)28(43(11)12)18-23(3)54-38)25(5)33(26(6)37(47)56-29)57-30-20-40(9,51-14)35(46)27(7)55-30/h22-30,32-36,38,44-46,48-49H,15-21H2,1-14H3/b42-31+/t22-,23+,24-,25-,26+,27-,28-,29-,30+,32-,33+,34+,35+,36-,38-,39+,40-,41+/m0/s1. The van der Waals surface area contributed by atoms with Crippen molar-refractivity contribution in [2.24, 2.45) is 28.8 Å². The molecule has 3 aliphatic rings. The first-order chi connectivity index (χ1) is 27.0. The highest BCUT2D eigenvalue weighted by Gasteiger charge is 2.53. The first-order valence-electron chi connectivity index (χ1n) is 20.8. The number of methoxy groups -OCH3 is 2. The molecule has 3 rings (SSSR count). The number of carbonyl (C=O) groups is 1. The van der Waals surface area contributed by atoms with Gasteiger partial charge in [-0.2, -0.15) is 0 Å². The lowest BCUT2D eigenvalue weighted by Gasteiger charge is -2.49. The third-order valence-electron chi connectivity index (χ3n) is 12.6. The van der Waals surface area contributed by atoms with Gasteiger partial charge in [-0.15, -0.1) is 0 Å². The molecule has 58 heavy (non-hydrogen) atoms. The van der Waals surface area contributed by atoms with Gasteiger partial charge in [0.25, 0.3) is 0 Å². The Morgan fingerprint density at radius 2 is 1.55 bits per heavy atom. The van der Waals surface area contributed by atoms with E-state index in [9.17, 15) is 30.3 Å². The molecule has 5 N–H and O–H groups in total. The number of esters is 1. The number of hydrogen-bond acceptors (Lipinski definition) is 17. The summed E-state index contributed by atoms with van der Waals surface area (Å²) in [5.41, 5.74) is -4.49. The van der Waals surface area contributed by atoms with Crippen LogP contribution in [0.25, 0.3) is 0 Å². The number of carbonyl (C=O) groups excluding carboxylic acids is 1. The molecule has 3 fully saturated rings. The number of rotatable bonds is 13. The summed E-state index contributed by atoms with van der Waals surface area (Å²) < 4.78 is 48.1. The number of hydrogen-bond donors (Lipinski definition) is 5. The van der Waals surface area contributed by atoms with Gasteiger partial charge in [-0.25, -0.2) is 0 Å². The van der Waals surface area contributed by atoms with Crippen molar-refractivity contribution in [2.75, 3.05) is 48.3 Å². The largest absolute Gasteiger partial charge is 0.459 e. The van der Waals surface area contributed by atoms with Crippen LogP contribution in [0.3, 0.4) is 0 Å². The molecule has 3 saturated heterocycles. The third kappa shape index (κ3) is 12.1. The monoisotopic (exact) mass is 837 g/mol. The summed E-state index contributed by atoms with van der Waals surface area (Å²) in [6.07, 6.45) is -9.49. The van der Waals surface area contributed by atoms with Crippen LogP contribution in [0.15, 0.2) is 5.16 Å². The van der Waals surface area contributed by atoms with Gasteiger partial charge in [0.2, 0.25) is 6.79 Å². The van der Waals surface area contributed by atoms with Crippen molar-refractivity contribution in [1.82, 2.24) is 4.90 Å². The van der Waals surface area contributed by atoms with Crippen LogP contribution in [0.4, 0.5) is 0 Å². The lowest BCUT2D eigenvalue weighted by Crippen LogP contribution is -2.61. The Labute approximate surface area is 345 Å². The Hall–Kier alpha value is -1.58. The van der Waals surface area contributed by atoms with Crippen molar-refractivity contribution >= 4 is 11.7 Å². The molecule has 0 aliphatic carbocycles. The predicted molar refractivity (Wildman–Crippen MR) is 212 cm³/mol. The fraction of sp³-hybridized carbons (Fsp3) is 0.951. The Morgan fingerprint density at radius 1 is 0.897 bits per heavy atom. The number of ether oxygens (including phenoxy) is 8. The fourth-order valence-corrected chi connectivity index (χ4v) is 8.93. The summed E-state index contributed by atoms with van der Waals surface area (Å²) in [4.78, 5) is 21.8. The Kier molecular flexibility index (Phi) is 18.8. The number of nitrogens with zero attached hydrogens (tertiary/aromatic N) is 2. The van der Waals surface area contributed by atoms with Gasteiger partial charge in [-0.05, 0) is 74.9 Å². The third-order valence-corrected chi connectivity index (χ3v) is 12.6. The maximum absolute atomic E-state index is 14.3. The molecular formula is C41H76N2O15. The second-order valence-electron chi connectivity index (χ2n) is 17.7. The van der Waals surface area contributed by atoms with Crippen molar-refractivity contribution in [3.63, 3.8) is 0 Å². The number of aliphatic hydroxyl groups excluding tert-OH is 3. The van der Waals surface area contributed by atoms with Crippen LogP contribution < -0.4 is 0 Å². The highest BCUT2D eigenvalue weighted by molar-refractivity contribution is 5.88. The zero-order valence-corrected chi connectivity index (χ0v) is 37.3. The lowest BCUT2D eigenvalue weighted by atomic mass is 9.73. The summed E-state index contributed by atoms with van der Waals surface area (Å²) in [5.74, 6) is -4.14. The predicted octanol–water partition coefficient (Wildman–Crippen LogP) is 2.21. The molecule has 17 heteroatoms. The van der Waals surface area contributed by atoms with Crippen LogP contribution in [0, 0.1) is 23.7 Å². The molecule has 0 unspecified atom stereocenters. The molecule has 0 aromatic rings. The van der Waals surface area contributed by atoms with Gasteiger partial charge in [0.15, 0.2) is 12.6 Å². The average Bonchev–Trinajstić information content (AvgIpc) is 3.15. The van der Waals surface area contributed by atoms with Crippen molar-refractivity contribution in [2.45, 2.75) is 179 Å². The maximum Gasteiger partial charge on any atom is 0.311 e. The first-order valence-corrected chi connectivity index (χ1v) is 20.8. The van der Waals surface area contributed by atoms with Crippen molar-refractivity contribution in [3.8, 4) is 0 Å². The summed E-state index contributed by atoms with van der Waals surface area (Å²) in [6, 6.07) is -0.328. The van der Waals surface area contributed by atoms with Crippen LogP contribution in [-0.2, 0) is 47.5 Å². The van der Waals surface area contributed by atoms with E-state index in [4.69, 9.17) is 42.7 Å². The number of cyclic esters (lactones) is 1. The van der Waals surface area contributed by atoms with E-state index < -0.39 is 102 Å². The van der Waals surface area contributed by atoms with Crippen LogP contribution in [0.5, 0.6) is 0 Å². The molecule has 0 aromatic heterocycles. The zero-order valence-electron chi connectivity index (χ0n) is 37.3. The Bertz CT molecular complexity index is 1300. The molecule has 18 atom stereocenters. The summed E-state index contributed by atoms with van der Waals surface area (Å²) in [5, 5.41) is 63.6. The van der Waals surface area contributed by atoms with E-state index in [2.05, 4.69) is 5.16 Å². The van der Waals surface area contributed by atoms with Gasteiger partial charge in [0.05, 0.1) is 66.6 Å². The van der Waals surface area contributed by atoms with Crippen molar-refractivity contribution < 1.29 is 73.1 Å². The molecule has 3 aliphatic heterocycles. The molecule has 17 nitrogen and oxygen atoms in total. The molecule has 0 aromatic carbocycles. The van der Waals surface area contributed by atoms with Crippen LogP contribution in [-0.4, -0.2) is 175 Å². The molecule has 340 valence electrons. The van der Waals surface area contributed by atoms with Gasteiger partial charge in [0, 0.05) is 44.4 Å². The molecule has 0 bridgehead atoms. The van der Waals surface area contributed by atoms with E-state index >= 15 is 0 Å². The minimum absolute atomic E-state index is 0.0307. The van der Waals surface area contributed by atoms with E-state index in [0.717, 1.165) is 0 Å². The average molecular weight is 837 g/mol. The quantitative estimate of drug-likeness (QED) is 0.0778. The fourth-order valence-electron chi connectivity index (χ4n) is 8.93. The Morgan fingerprint density at radius 3 is 2.14 bits per heavy atom.